The minimum absolute atomic E-state index is 0.0818. The zero-order valence-electron chi connectivity index (χ0n) is 10.5. The SMILES string of the molecule is COC(C)C(C)Nc1ccc(C#N)cc1[N+](=O)[O-]. The van der Waals surface area contributed by atoms with E-state index in [1.807, 2.05) is 19.9 Å². The Hall–Kier alpha value is -2.13. The second-order valence-corrected chi connectivity index (χ2v) is 3.97. The van der Waals surface area contributed by atoms with Gasteiger partial charge >= 0.3 is 0 Å². The molecule has 0 aliphatic carbocycles. The average Bonchev–Trinajstić information content (AvgIpc) is 2.37. The van der Waals surface area contributed by atoms with E-state index in [4.69, 9.17) is 10.00 Å². The van der Waals surface area contributed by atoms with E-state index in [0.29, 0.717) is 5.69 Å². The highest BCUT2D eigenvalue weighted by Crippen LogP contribution is 2.26. The summed E-state index contributed by atoms with van der Waals surface area (Å²) >= 11 is 0. The van der Waals surface area contributed by atoms with Crippen LogP contribution in [-0.4, -0.2) is 24.2 Å². The fourth-order valence-corrected chi connectivity index (χ4v) is 1.44. The molecule has 1 rings (SSSR count). The number of methoxy groups -OCH3 is 1. The first kappa shape index (κ1) is 13.9. The fourth-order valence-electron chi connectivity index (χ4n) is 1.44. The second-order valence-electron chi connectivity index (χ2n) is 3.97. The first-order valence-corrected chi connectivity index (χ1v) is 5.47. The normalized spacial score (nSPS) is 13.4. The van der Waals surface area contributed by atoms with Crippen LogP contribution in [-0.2, 0) is 4.74 Å². The van der Waals surface area contributed by atoms with Gasteiger partial charge in [0.05, 0.1) is 22.7 Å². The van der Waals surface area contributed by atoms with Gasteiger partial charge in [0.15, 0.2) is 0 Å². The average molecular weight is 249 g/mol. The first-order valence-electron chi connectivity index (χ1n) is 5.47. The third-order valence-corrected chi connectivity index (χ3v) is 2.78. The molecule has 0 spiro atoms. The predicted octanol–water partition coefficient (Wildman–Crippen LogP) is 2.30. The van der Waals surface area contributed by atoms with Crippen LogP contribution in [0.5, 0.6) is 0 Å². The van der Waals surface area contributed by atoms with Crippen LogP contribution in [0, 0.1) is 21.4 Å². The Kier molecular flexibility index (Phi) is 4.63. The number of nitrogens with zero attached hydrogens (tertiary/aromatic N) is 2. The van der Waals surface area contributed by atoms with Crippen molar-refractivity contribution in [2.45, 2.75) is 26.0 Å². The van der Waals surface area contributed by atoms with Crippen LogP contribution in [0.4, 0.5) is 11.4 Å². The van der Waals surface area contributed by atoms with Crippen LogP contribution in [0.15, 0.2) is 18.2 Å². The van der Waals surface area contributed by atoms with Gasteiger partial charge in [-0.2, -0.15) is 5.26 Å². The molecule has 0 fully saturated rings. The molecule has 0 saturated carbocycles. The summed E-state index contributed by atoms with van der Waals surface area (Å²) in [6.07, 6.45) is -0.0831. The van der Waals surface area contributed by atoms with Gasteiger partial charge in [0.25, 0.3) is 5.69 Å². The summed E-state index contributed by atoms with van der Waals surface area (Å²) < 4.78 is 5.14. The third kappa shape index (κ3) is 3.18. The van der Waals surface area contributed by atoms with Gasteiger partial charge in [-0.05, 0) is 26.0 Å². The van der Waals surface area contributed by atoms with Crippen molar-refractivity contribution < 1.29 is 9.66 Å². The predicted molar refractivity (Wildman–Crippen MR) is 67.4 cm³/mol. The summed E-state index contributed by atoms with van der Waals surface area (Å²) in [6, 6.07) is 6.13. The van der Waals surface area contributed by atoms with E-state index in [1.165, 1.54) is 12.1 Å². The molecule has 0 radical (unpaired) electrons. The number of nitriles is 1. The lowest BCUT2D eigenvalue weighted by Crippen LogP contribution is -2.29. The molecule has 0 aliphatic rings. The number of rotatable bonds is 5. The lowest BCUT2D eigenvalue weighted by molar-refractivity contribution is -0.384. The van der Waals surface area contributed by atoms with Crippen molar-refractivity contribution in [1.29, 1.82) is 5.26 Å². The molecule has 1 aromatic rings. The first-order chi connectivity index (χ1) is 8.49. The van der Waals surface area contributed by atoms with Gasteiger partial charge in [-0.1, -0.05) is 0 Å². The Morgan fingerprint density at radius 3 is 2.67 bits per heavy atom. The van der Waals surface area contributed by atoms with Crippen molar-refractivity contribution in [3.8, 4) is 6.07 Å². The number of ether oxygens (including phenoxy) is 1. The zero-order chi connectivity index (χ0) is 13.7. The van der Waals surface area contributed by atoms with E-state index in [-0.39, 0.29) is 23.4 Å². The number of nitrogens with one attached hydrogen (secondary N) is 1. The molecule has 1 aromatic carbocycles. The van der Waals surface area contributed by atoms with Gasteiger partial charge in [-0.15, -0.1) is 0 Å². The van der Waals surface area contributed by atoms with Crippen LogP contribution in [0.3, 0.4) is 0 Å². The summed E-state index contributed by atoms with van der Waals surface area (Å²) in [6.45, 7) is 3.74. The fraction of sp³-hybridized carbons (Fsp3) is 0.417. The summed E-state index contributed by atoms with van der Waals surface area (Å²) in [4.78, 5) is 10.4. The molecule has 2 atom stereocenters. The van der Waals surface area contributed by atoms with Gasteiger partial charge in [0, 0.05) is 19.2 Å². The molecule has 6 nitrogen and oxygen atoms in total. The topological polar surface area (TPSA) is 88.2 Å². The molecule has 0 saturated heterocycles. The Morgan fingerprint density at radius 1 is 1.50 bits per heavy atom. The Morgan fingerprint density at radius 2 is 2.17 bits per heavy atom. The van der Waals surface area contributed by atoms with Crippen molar-refractivity contribution in [3.05, 3.63) is 33.9 Å². The number of anilines is 1. The molecule has 0 aliphatic heterocycles. The van der Waals surface area contributed by atoms with Crippen LogP contribution in [0.2, 0.25) is 0 Å². The number of benzene rings is 1. The van der Waals surface area contributed by atoms with E-state index < -0.39 is 4.92 Å². The van der Waals surface area contributed by atoms with Gasteiger partial charge in [0.1, 0.15) is 5.69 Å². The highest BCUT2D eigenvalue weighted by Gasteiger charge is 2.18. The largest absolute Gasteiger partial charge is 0.380 e. The van der Waals surface area contributed by atoms with E-state index >= 15 is 0 Å². The number of hydrogen-bond donors (Lipinski definition) is 1. The monoisotopic (exact) mass is 249 g/mol. The van der Waals surface area contributed by atoms with Gasteiger partial charge in [-0.25, -0.2) is 0 Å². The highest BCUT2D eigenvalue weighted by atomic mass is 16.6. The Bertz CT molecular complexity index is 482. The minimum Gasteiger partial charge on any atom is -0.380 e. The van der Waals surface area contributed by atoms with E-state index in [0.717, 1.165) is 0 Å². The standard InChI is InChI=1S/C12H15N3O3/c1-8(9(2)18-3)14-11-5-4-10(7-13)6-12(11)15(16)17/h4-6,8-9,14H,1-3H3. The smallest absolute Gasteiger partial charge is 0.293 e. The molecular weight excluding hydrogens is 234 g/mol. The maximum atomic E-state index is 10.9. The minimum atomic E-state index is -0.507. The molecule has 96 valence electrons. The second kappa shape index (κ2) is 5.98. The number of hydrogen-bond acceptors (Lipinski definition) is 5. The molecular formula is C12H15N3O3. The van der Waals surface area contributed by atoms with Gasteiger partial charge < -0.3 is 10.1 Å². The summed E-state index contributed by atoms with van der Waals surface area (Å²) in [5.41, 5.74) is 0.541. The molecule has 0 heterocycles. The lowest BCUT2D eigenvalue weighted by Gasteiger charge is -2.20. The maximum absolute atomic E-state index is 10.9. The van der Waals surface area contributed by atoms with Gasteiger partial charge in [0.2, 0.25) is 0 Å². The molecule has 0 bridgehead atoms. The lowest BCUT2D eigenvalue weighted by atomic mass is 10.1. The molecule has 0 amide bonds. The molecule has 6 heteroatoms. The Labute approximate surface area is 105 Å². The summed E-state index contributed by atoms with van der Waals surface area (Å²) in [5, 5.41) is 22.7. The molecule has 0 aromatic heterocycles. The van der Waals surface area contributed by atoms with Crippen LogP contribution >= 0.6 is 0 Å². The van der Waals surface area contributed by atoms with Crippen LogP contribution in [0.25, 0.3) is 0 Å². The van der Waals surface area contributed by atoms with Crippen molar-refractivity contribution in [2.24, 2.45) is 0 Å². The maximum Gasteiger partial charge on any atom is 0.293 e. The van der Waals surface area contributed by atoms with E-state index in [9.17, 15) is 10.1 Å². The third-order valence-electron chi connectivity index (χ3n) is 2.78. The van der Waals surface area contributed by atoms with E-state index in [2.05, 4.69) is 5.32 Å². The van der Waals surface area contributed by atoms with Crippen LogP contribution < -0.4 is 5.32 Å². The van der Waals surface area contributed by atoms with Crippen molar-refractivity contribution >= 4 is 11.4 Å². The van der Waals surface area contributed by atoms with Crippen molar-refractivity contribution in [1.82, 2.24) is 0 Å². The zero-order valence-corrected chi connectivity index (χ0v) is 10.5. The van der Waals surface area contributed by atoms with Gasteiger partial charge in [-0.3, -0.25) is 10.1 Å². The number of nitro benzene ring substituents is 1. The highest BCUT2D eigenvalue weighted by molar-refractivity contribution is 5.64. The van der Waals surface area contributed by atoms with Crippen LogP contribution in [0.1, 0.15) is 19.4 Å². The van der Waals surface area contributed by atoms with E-state index in [1.54, 1.807) is 13.2 Å². The number of nitro groups is 1. The quantitative estimate of drug-likeness (QED) is 0.639. The van der Waals surface area contributed by atoms with Crippen molar-refractivity contribution in [3.63, 3.8) is 0 Å². The summed E-state index contributed by atoms with van der Waals surface area (Å²) in [7, 11) is 1.58. The Balaban J connectivity index is 3.02. The molecule has 18 heavy (non-hydrogen) atoms. The molecule has 1 N–H and O–H groups in total. The molecule has 2 unspecified atom stereocenters. The van der Waals surface area contributed by atoms with Crippen molar-refractivity contribution in [2.75, 3.05) is 12.4 Å². The summed E-state index contributed by atoms with van der Waals surface area (Å²) in [5.74, 6) is 0.